The van der Waals surface area contributed by atoms with Gasteiger partial charge < -0.3 is 0 Å². The van der Waals surface area contributed by atoms with E-state index in [4.69, 9.17) is 0 Å². The van der Waals surface area contributed by atoms with Gasteiger partial charge >= 0.3 is 0 Å². The molecule has 2 rings (SSSR count). The van der Waals surface area contributed by atoms with Crippen molar-refractivity contribution in [3.63, 3.8) is 0 Å². The minimum absolute atomic E-state index is 0.0542. The molecule has 0 bridgehead atoms. The largest absolute Gasteiger partial charge is 0.289 e. The van der Waals surface area contributed by atoms with Gasteiger partial charge in [-0.25, -0.2) is 0 Å². The van der Waals surface area contributed by atoms with Crippen molar-refractivity contribution in [2.45, 2.75) is 26.7 Å². The summed E-state index contributed by atoms with van der Waals surface area (Å²) in [6, 6.07) is 9.73. The quantitative estimate of drug-likeness (QED) is 0.763. The van der Waals surface area contributed by atoms with E-state index in [0.717, 1.165) is 24.0 Å². The molecule has 0 amide bonds. The summed E-state index contributed by atoms with van der Waals surface area (Å²) in [7, 11) is 0. The van der Waals surface area contributed by atoms with Crippen molar-refractivity contribution in [1.29, 1.82) is 0 Å². The molecule has 0 atom stereocenters. The first kappa shape index (κ1) is 12.5. The van der Waals surface area contributed by atoms with Crippen LogP contribution in [0.25, 0.3) is 0 Å². The fraction of sp³-hybridized carbons (Fsp3) is 0.250. The lowest BCUT2D eigenvalue weighted by Gasteiger charge is -2.06. The molecule has 0 spiro atoms. The Morgan fingerprint density at radius 3 is 2.83 bits per heavy atom. The molecule has 0 radical (unpaired) electrons. The number of pyridine rings is 1. The van der Waals surface area contributed by atoms with Crippen LogP contribution >= 0.6 is 0 Å². The Kier molecular flexibility index (Phi) is 3.88. The minimum Gasteiger partial charge on any atom is -0.289 e. The lowest BCUT2D eigenvalue weighted by Crippen LogP contribution is -2.04. The number of benzene rings is 1. The fourth-order valence-electron chi connectivity index (χ4n) is 2.01. The SMILES string of the molecule is CCCc1cccc(C(=O)c2cnccc2C)c1. The first-order valence-corrected chi connectivity index (χ1v) is 6.26. The van der Waals surface area contributed by atoms with Crippen LogP contribution in [0.15, 0.2) is 42.7 Å². The number of ketones is 1. The van der Waals surface area contributed by atoms with Crippen LogP contribution in [-0.4, -0.2) is 10.8 Å². The van der Waals surface area contributed by atoms with Gasteiger partial charge in [-0.2, -0.15) is 0 Å². The topological polar surface area (TPSA) is 30.0 Å². The molecule has 2 nitrogen and oxygen atoms in total. The van der Waals surface area contributed by atoms with Crippen molar-refractivity contribution in [1.82, 2.24) is 4.98 Å². The third kappa shape index (κ3) is 2.65. The third-order valence-corrected chi connectivity index (χ3v) is 3.01. The number of carbonyl (C=O) groups excluding carboxylic acids is 1. The van der Waals surface area contributed by atoms with Crippen LogP contribution in [0, 0.1) is 6.92 Å². The average molecular weight is 239 g/mol. The van der Waals surface area contributed by atoms with E-state index in [9.17, 15) is 4.79 Å². The number of nitrogens with zero attached hydrogens (tertiary/aromatic N) is 1. The molecule has 0 unspecified atom stereocenters. The molecule has 0 fully saturated rings. The second-order valence-corrected chi connectivity index (χ2v) is 4.47. The molecule has 0 N–H and O–H groups in total. The van der Waals surface area contributed by atoms with Crippen LogP contribution in [0.1, 0.15) is 40.4 Å². The van der Waals surface area contributed by atoms with Crippen molar-refractivity contribution in [3.8, 4) is 0 Å². The van der Waals surface area contributed by atoms with Crippen molar-refractivity contribution < 1.29 is 4.79 Å². The van der Waals surface area contributed by atoms with E-state index in [1.54, 1.807) is 12.4 Å². The van der Waals surface area contributed by atoms with Gasteiger partial charge in [0, 0.05) is 23.5 Å². The van der Waals surface area contributed by atoms with Gasteiger partial charge in [0.1, 0.15) is 0 Å². The first-order chi connectivity index (χ1) is 8.72. The maximum Gasteiger partial charge on any atom is 0.194 e. The molecule has 92 valence electrons. The smallest absolute Gasteiger partial charge is 0.194 e. The number of hydrogen-bond acceptors (Lipinski definition) is 2. The fourth-order valence-corrected chi connectivity index (χ4v) is 2.01. The van der Waals surface area contributed by atoms with E-state index in [1.165, 1.54) is 5.56 Å². The molecule has 1 heterocycles. The highest BCUT2D eigenvalue weighted by Crippen LogP contribution is 2.15. The van der Waals surface area contributed by atoms with E-state index in [0.29, 0.717) is 5.56 Å². The van der Waals surface area contributed by atoms with E-state index < -0.39 is 0 Å². The molecule has 0 saturated heterocycles. The maximum atomic E-state index is 12.4. The molecule has 1 aromatic heterocycles. The molecule has 0 aliphatic heterocycles. The molecule has 2 aromatic rings. The molecular formula is C16H17NO. The van der Waals surface area contributed by atoms with Gasteiger partial charge in [0.05, 0.1) is 0 Å². The second kappa shape index (κ2) is 5.58. The van der Waals surface area contributed by atoms with Gasteiger partial charge in [-0.3, -0.25) is 9.78 Å². The second-order valence-electron chi connectivity index (χ2n) is 4.47. The van der Waals surface area contributed by atoms with Crippen LogP contribution in [0.2, 0.25) is 0 Å². The monoisotopic (exact) mass is 239 g/mol. The van der Waals surface area contributed by atoms with Crippen molar-refractivity contribution in [2.75, 3.05) is 0 Å². The first-order valence-electron chi connectivity index (χ1n) is 6.26. The summed E-state index contributed by atoms with van der Waals surface area (Å²) in [5.41, 5.74) is 3.61. The summed E-state index contributed by atoms with van der Waals surface area (Å²) in [4.78, 5) is 16.4. The molecular weight excluding hydrogens is 222 g/mol. The van der Waals surface area contributed by atoms with E-state index in [-0.39, 0.29) is 5.78 Å². The van der Waals surface area contributed by atoms with Crippen molar-refractivity contribution in [2.24, 2.45) is 0 Å². The third-order valence-electron chi connectivity index (χ3n) is 3.01. The van der Waals surface area contributed by atoms with Gasteiger partial charge in [0.25, 0.3) is 0 Å². The number of hydrogen-bond donors (Lipinski definition) is 0. The normalized spacial score (nSPS) is 10.3. The molecule has 0 aliphatic rings. The highest BCUT2D eigenvalue weighted by Gasteiger charge is 2.11. The molecule has 0 aliphatic carbocycles. The van der Waals surface area contributed by atoms with Gasteiger partial charge in [-0.1, -0.05) is 31.5 Å². The summed E-state index contributed by atoms with van der Waals surface area (Å²) in [5.74, 6) is 0.0542. The number of aryl methyl sites for hydroxylation is 2. The Bertz CT molecular complexity index is 561. The zero-order valence-corrected chi connectivity index (χ0v) is 10.8. The zero-order chi connectivity index (χ0) is 13.0. The highest BCUT2D eigenvalue weighted by molar-refractivity contribution is 6.09. The van der Waals surface area contributed by atoms with Gasteiger partial charge in [0.15, 0.2) is 5.78 Å². The predicted octanol–water partition coefficient (Wildman–Crippen LogP) is 3.57. The van der Waals surface area contributed by atoms with Gasteiger partial charge in [-0.05, 0) is 36.6 Å². The summed E-state index contributed by atoms with van der Waals surface area (Å²) >= 11 is 0. The van der Waals surface area contributed by atoms with E-state index >= 15 is 0 Å². The van der Waals surface area contributed by atoms with E-state index in [2.05, 4.69) is 18.0 Å². The number of rotatable bonds is 4. The van der Waals surface area contributed by atoms with Gasteiger partial charge in [0.2, 0.25) is 0 Å². The summed E-state index contributed by atoms with van der Waals surface area (Å²) < 4.78 is 0. The molecule has 0 saturated carbocycles. The predicted molar refractivity (Wildman–Crippen MR) is 72.8 cm³/mol. The van der Waals surface area contributed by atoms with E-state index in [1.807, 2.05) is 31.2 Å². The van der Waals surface area contributed by atoms with Crippen LogP contribution in [-0.2, 0) is 6.42 Å². The summed E-state index contributed by atoms with van der Waals surface area (Å²) in [6.45, 7) is 4.07. The minimum atomic E-state index is 0.0542. The Hall–Kier alpha value is -1.96. The Labute approximate surface area is 108 Å². The number of carbonyl (C=O) groups is 1. The zero-order valence-electron chi connectivity index (χ0n) is 10.8. The lowest BCUT2D eigenvalue weighted by atomic mass is 9.98. The lowest BCUT2D eigenvalue weighted by molar-refractivity contribution is 0.103. The van der Waals surface area contributed by atoms with Crippen LogP contribution in [0.5, 0.6) is 0 Å². The standard InChI is InChI=1S/C16H17NO/c1-3-5-13-6-4-7-14(10-13)16(18)15-11-17-9-8-12(15)2/h4,6-11H,3,5H2,1-2H3. The average Bonchev–Trinajstić information content (AvgIpc) is 2.39. The summed E-state index contributed by atoms with van der Waals surface area (Å²) in [5, 5.41) is 0. The molecule has 2 heteroatoms. The maximum absolute atomic E-state index is 12.4. The Balaban J connectivity index is 2.34. The molecule has 18 heavy (non-hydrogen) atoms. The van der Waals surface area contributed by atoms with Crippen LogP contribution in [0.4, 0.5) is 0 Å². The number of aromatic nitrogens is 1. The van der Waals surface area contributed by atoms with Crippen LogP contribution < -0.4 is 0 Å². The van der Waals surface area contributed by atoms with Gasteiger partial charge in [-0.15, -0.1) is 0 Å². The van der Waals surface area contributed by atoms with Crippen LogP contribution in [0.3, 0.4) is 0 Å². The van der Waals surface area contributed by atoms with Crippen molar-refractivity contribution >= 4 is 5.78 Å². The highest BCUT2D eigenvalue weighted by atomic mass is 16.1. The Morgan fingerprint density at radius 2 is 2.11 bits per heavy atom. The summed E-state index contributed by atoms with van der Waals surface area (Å²) in [6.07, 6.45) is 5.44. The Morgan fingerprint density at radius 1 is 1.28 bits per heavy atom. The van der Waals surface area contributed by atoms with Crippen molar-refractivity contribution in [3.05, 3.63) is 65.0 Å². The molecule has 1 aromatic carbocycles.